The van der Waals surface area contributed by atoms with Crippen LogP contribution >= 0.6 is 0 Å². The molecule has 1 amide bonds. The van der Waals surface area contributed by atoms with Crippen LogP contribution in [0.2, 0.25) is 0 Å². The van der Waals surface area contributed by atoms with Crippen molar-refractivity contribution >= 4 is 5.91 Å². The quantitative estimate of drug-likeness (QED) is 0.928. The summed E-state index contributed by atoms with van der Waals surface area (Å²) in [4.78, 5) is 14.0. The summed E-state index contributed by atoms with van der Waals surface area (Å²) in [6.07, 6.45) is 2.74. The van der Waals surface area contributed by atoms with Crippen LogP contribution in [0, 0.1) is 5.92 Å². The van der Waals surface area contributed by atoms with Crippen molar-refractivity contribution in [1.29, 1.82) is 0 Å². The number of H-pyrrole nitrogens is 1. The van der Waals surface area contributed by atoms with Crippen LogP contribution in [0.15, 0.2) is 6.07 Å². The third-order valence-electron chi connectivity index (χ3n) is 3.95. The van der Waals surface area contributed by atoms with Crippen molar-refractivity contribution in [1.82, 2.24) is 15.1 Å². The molecule has 0 bridgehead atoms. The van der Waals surface area contributed by atoms with Gasteiger partial charge in [-0.25, -0.2) is 0 Å². The molecule has 21 heavy (non-hydrogen) atoms. The maximum absolute atomic E-state index is 12.3. The molecule has 1 atom stereocenters. The SMILES string of the molecule is CN(Cc1cc(C(C)(C)C)n[nH]1)C(=O)C[C@@H]1CCCOC1. The number of aromatic nitrogens is 2. The van der Waals surface area contributed by atoms with E-state index in [0.29, 0.717) is 18.9 Å². The zero-order chi connectivity index (χ0) is 15.5. The monoisotopic (exact) mass is 293 g/mol. The van der Waals surface area contributed by atoms with E-state index in [2.05, 4.69) is 31.0 Å². The maximum atomic E-state index is 12.3. The second kappa shape index (κ2) is 6.60. The smallest absolute Gasteiger partial charge is 0.223 e. The standard InChI is InChI=1S/C16H27N3O2/c1-16(2,3)14-9-13(17-18-14)10-19(4)15(20)8-12-6-5-7-21-11-12/h9,12H,5-8,10-11H2,1-4H3,(H,17,18)/t12-/m0/s1. The lowest BCUT2D eigenvalue weighted by Gasteiger charge is -2.24. The molecule has 118 valence electrons. The first-order valence-electron chi connectivity index (χ1n) is 7.72. The highest BCUT2D eigenvalue weighted by Gasteiger charge is 2.21. The molecule has 0 saturated carbocycles. The number of aromatic amines is 1. The molecule has 1 aliphatic rings. The molecule has 2 rings (SSSR count). The van der Waals surface area contributed by atoms with Gasteiger partial charge in [0.1, 0.15) is 0 Å². The lowest BCUT2D eigenvalue weighted by molar-refractivity contribution is -0.132. The Bertz CT molecular complexity index is 470. The Labute approximate surface area is 127 Å². The fourth-order valence-electron chi connectivity index (χ4n) is 2.54. The van der Waals surface area contributed by atoms with E-state index in [0.717, 1.165) is 37.4 Å². The number of rotatable bonds is 4. The normalized spacial score (nSPS) is 19.5. The molecule has 1 N–H and O–H groups in total. The first-order valence-corrected chi connectivity index (χ1v) is 7.72. The van der Waals surface area contributed by atoms with Gasteiger partial charge in [0.2, 0.25) is 5.91 Å². The minimum atomic E-state index is 0.0246. The van der Waals surface area contributed by atoms with Gasteiger partial charge in [-0.3, -0.25) is 9.89 Å². The van der Waals surface area contributed by atoms with Gasteiger partial charge in [0.15, 0.2) is 0 Å². The van der Waals surface area contributed by atoms with Gasteiger partial charge in [-0.15, -0.1) is 0 Å². The number of nitrogens with one attached hydrogen (secondary N) is 1. The minimum absolute atomic E-state index is 0.0246. The Morgan fingerprint density at radius 3 is 2.86 bits per heavy atom. The molecule has 0 spiro atoms. The molecule has 0 aromatic carbocycles. The molecule has 1 aromatic rings. The number of nitrogens with zero attached hydrogens (tertiary/aromatic N) is 2. The highest BCUT2D eigenvalue weighted by atomic mass is 16.5. The predicted octanol–water partition coefficient (Wildman–Crippen LogP) is 2.48. The largest absolute Gasteiger partial charge is 0.381 e. The molecule has 5 nitrogen and oxygen atoms in total. The first-order chi connectivity index (χ1) is 9.86. The lowest BCUT2D eigenvalue weighted by atomic mass is 9.92. The molecule has 1 aromatic heterocycles. The van der Waals surface area contributed by atoms with Crippen LogP contribution in [-0.4, -0.2) is 41.3 Å². The number of hydrogen-bond donors (Lipinski definition) is 1. The fourth-order valence-corrected chi connectivity index (χ4v) is 2.54. The second-order valence-electron chi connectivity index (χ2n) is 7.07. The van der Waals surface area contributed by atoms with Gasteiger partial charge in [-0.05, 0) is 24.8 Å². The highest BCUT2D eigenvalue weighted by Crippen LogP contribution is 2.21. The molecular formula is C16H27N3O2. The van der Waals surface area contributed by atoms with Crippen LogP contribution < -0.4 is 0 Å². The Morgan fingerprint density at radius 1 is 1.52 bits per heavy atom. The molecule has 5 heteroatoms. The molecule has 1 saturated heterocycles. The van der Waals surface area contributed by atoms with E-state index in [9.17, 15) is 4.79 Å². The third-order valence-corrected chi connectivity index (χ3v) is 3.95. The molecule has 0 radical (unpaired) electrons. The summed E-state index contributed by atoms with van der Waals surface area (Å²) in [6.45, 7) is 8.53. The van der Waals surface area contributed by atoms with E-state index in [-0.39, 0.29) is 11.3 Å². The summed E-state index contributed by atoms with van der Waals surface area (Å²) in [7, 11) is 1.85. The summed E-state index contributed by atoms with van der Waals surface area (Å²) in [5, 5.41) is 7.37. The van der Waals surface area contributed by atoms with E-state index in [1.54, 1.807) is 4.90 Å². The number of carbonyl (C=O) groups excluding carboxylic acids is 1. The van der Waals surface area contributed by atoms with Crippen LogP contribution in [-0.2, 0) is 21.5 Å². The van der Waals surface area contributed by atoms with Crippen LogP contribution in [0.25, 0.3) is 0 Å². The van der Waals surface area contributed by atoms with Gasteiger partial charge >= 0.3 is 0 Å². The number of amides is 1. The van der Waals surface area contributed by atoms with Gasteiger partial charge < -0.3 is 9.64 Å². The van der Waals surface area contributed by atoms with Crippen molar-refractivity contribution < 1.29 is 9.53 Å². The van der Waals surface area contributed by atoms with Gasteiger partial charge in [0, 0.05) is 32.1 Å². The highest BCUT2D eigenvalue weighted by molar-refractivity contribution is 5.76. The average molecular weight is 293 g/mol. The van der Waals surface area contributed by atoms with E-state index in [1.807, 2.05) is 13.1 Å². The number of carbonyl (C=O) groups is 1. The summed E-state index contributed by atoms with van der Waals surface area (Å²) in [5.74, 6) is 0.554. The maximum Gasteiger partial charge on any atom is 0.223 e. The van der Waals surface area contributed by atoms with E-state index in [1.165, 1.54) is 0 Å². The molecule has 0 aliphatic carbocycles. The molecular weight excluding hydrogens is 266 g/mol. The van der Waals surface area contributed by atoms with E-state index in [4.69, 9.17) is 4.74 Å². The van der Waals surface area contributed by atoms with E-state index < -0.39 is 0 Å². The van der Waals surface area contributed by atoms with Crippen molar-refractivity contribution in [3.8, 4) is 0 Å². The van der Waals surface area contributed by atoms with Crippen molar-refractivity contribution in [3.05, 3.63) is 17.5 Å². The molecule has 1 aliphatic heterocycles. The third kappa shape index (κ3) is 4.56. The zero-order valence-corrected chi connectivity index (χ0v) is 13.6. The van der Waals surface area contributed by atoms with Crippen LogP contribution in [0.5, 0.6) is 0 Å². The minimum Gasteiger partial charge on any atom is -0.381 e. The summed E-state index contributed by atoms with van der Waals surface area (Å²) in [5.41, 5.74) is 2.03. The Hall–Kier alpha value is -1.36. The molecule has 1 fully saturated rings. The number of hydrogen-bond acceptors (Lipinski definition) is 3. The number of ether oxygens (including phenoxy) is 1. The lowest BCUT2D eigenvalue weighted by Crippen LogP contribution is -2.30. The molecule has 0 unspecified atom stereocenters. The van der Waals surface area contributed by atoms with Crippen LogP contribution in [0.1, 0.15) is 51.4 Å². The van der Waals surface area contributed by atoms with Gasteiger partial charge in [0.05, 0.1) is 17.9 Å². The second-order valence-corrected chi connectivity index (χ2v) is 7.07. The topological polar surface area (TPSA) is 58.2 Å². The van der Waals surface area contributed by atoms with Gasteiger partial charge in [0.25, 0.3) is 0 Å². The summed E-state index contributed by atoms with van der Waals surface area (Å²) < 4.78 is 5.43. The van der Waals surface area contributed by atoms with Crippen molar-refractivity contribution in [2.75, 3.05) is 20.3 Å². The fraction of sp³-hybridized carbons (Fsp3) is 0.750. The Morgan fingerprint density at radius 2 is 2.29 bits per heavy atom. The first kappa shape index (κ1) is 16.0. The van der Waals surface area contributed by atoms with E-state index >= 15 is 0 Å². The van der Waals surface area contributed by atoms with Crippen molar-refractivity contribution in [3.63, 3.8) is 0 Å². The molecule has 2 heterocycles. The van der Waals surface area contributed by atoms with Crippen molar-refractivity contribution in [2.45, 2.75) is 52.0 Å². The zero-order valence-electron chi connectivity index (χ0n) is 13.6. The Balaban J connectivity index is 1.86. The predicted molar refractivity (Wildman–Crippen MR) is 81.9 cm³/mol. The van der Waals surface area contributed by atoms with Gasteiger partial charge in [-0.1, -0.05) is 20.8 Å². The van der Waals surface area contributed by atoms with Crippen LogP contribution in [0.4, 0.5) is 0 Å². The van der Waals surface area contributed by atoms with Crippen LogP contribution in [0.3, 0.4) is 0 Å². The summed E-state index contributed by atoms with van der Waals surface area (Å²) >= 11 is 0. The Kier molecular flexibility index (Phi) is 5.04. The average Bonchev–Trinajstić information content (AvgIpc) is 2.88. The van der Waals surface area contributed by atoms with Gasteiger partial charge in [-0.2, -0.15) is 5.10 Å². The van der Waals surface area contributed by atoms with Crippen molar-refractivity contribution in [2.24, 2.45) is 5.92 Å². The summed E-state index contributed by atoms with van der Waals surface area (Å²) in [6, 6.07) is 2.05.